The highest BCUT2D eigenvalue weighted by Crippen LogP contribution is 1.79. The number of nitrogens with two attached hydrogens (primary N) is 1. The van der Waals surface area contributed by atoms with Crippen LogP contribution in [-0.4, -0.2) is 11.0 Å². The van der Waals surface area contributed by atoms with Gasteiger partial charge in [0.05, 0.1) is 0 Å². The van der Waals surface area contributed by atoms with E-state index in [1.165, 1.54) is 0 Å². The lowest BCUT2D eigenvalue weighted by molar-refractivity contribution is 1.25. The highest BCUT2D eigenvalue weighted by Gasteiger charge is 1.61. The normalized spacial score (nSPS) is 10.3. The molecule has 0 aliphatic heterocycles. The summed E-state index contributed by atoms with van der Waals surface area (Å²) in [6.45, 7) is 0.670. The minimum absolute atomic E-state index is 0.670. The third-order valence-corrected chi connectivity index (χ3v) is 0.900. The first kappa shape index (κ1) is 6.43. The molecular weight excluding hydrogens is 189 g/mol. The first-order valence-electron chi connectivity index (χ1n) is 1.83. The van der Waals surface area contributed by atoms with Gasteiger partial charge in [0, 0.05) is 11.0 Å². The molecule has 0 saturated heterocycles. The van der Waals surface area contributed by atoms with Gasteiger partial charge >= 0.3 is 0 Å². The van der Waals surface area contributed by atoms with Crippen molar-refractivity contribution in [2.24, 2.45) is 5.73 Å². The molecule has 0 heterocycles. The molecule has 1 nitrogen and oxygen atoms in total. The maximum atomic E-state index is 5.12. The minimum Gasteiger partial charge on any atom is -0.327 e. The van der Waals surface area contributed by atoms with Gasteiger partial charge in [0.15, 0.2) is 0 Å². The van der Waals surface area contributed by atoms with Gasteiger partial charge in [0.2, 0.25) is 0 Å². The molecule has 2 heteroatoms. The fourth-order valence-corrected chi connectivity index (χ4v) is 0.519. The Balaban J connectivity index is 2.73. The van der Waals surface area contributed by atoms with Crippen molar-refractivity contribution < 1.29 is 0 Å². The van der Waals surface area contributed by atoms with Crippen molar-refractivity contribution in [2.75, 3.05) is 11.0 Å². The van der Waals surface area contributed by atoms with Crippen LogP contribution in [-0.2, 0) is 0 Å². The zero-order chi connectivity index (χ0) is 4.83. The van der Waals surface area contributed by atoms with Gasteiger partial charge in [-0.05, 0) is 0 Å². The monoisotopic (exact) mass is 197 g/mol. The lowest BCUT2D eigenvalue weighted by Crippen LogP contribution is -1.91. The molecular formula is C4H8IN. The van der Waals surface area contributed by atoms with Gasteiger partial charge in [-0.2, -0.15) is 0 Å². The van der Waals surface area contributed by atoms with Crippen LogP contribution in [0.4, 0.5) is 0 Å². The van der Waals surface area contributed by atoms with Crippen molar-refractivity contribution in [3.63, 3.8) is 0 Å². The molecule has 0 aliphatic carbocycles. The number of alkyl halides is 1. The van der Waals surface area contributed by atoms with Crippen molar-refractivity contribution >= 4 is 22.6 Å². The van der Waals surface area contributed by atoms with Gasteiger partial charge in [-0.25, -0.2) is 0 Å². The fourth-order valence-electron chi connectivity index (χ4n) is 0.159. The Hall–Kier alpha value is 0.430. The molecule has 0 atom stereocenters. The molecule has 0 spiro atoms. The van der Waals surface area contributed by atoms with Crippen LogP contribution in [0.25, 0.3) is 0 Å². The Morgan fingerprint density at radius 1 is 1.50 bits per heavy atom. The second-order valence-corrected chi connectivity index (χ2v) is 1.74. The maximum Gasteiger partial charge on any atom is 0.0176 e. The average molecular weight is 197 g/mol. The maximum absolute atomic E-state index is 5.12. The molecule has 0 amide bonds. The van der Waals surface area contributed by atoms with Crippen LogP contribution >= 0.6 is 22.6 Å². The predicted molar refractivity (Wildman–Crippen MR) is 37.1 cm³/mol. The number of hydrogen-bond acceptors (Lipinski definition) is 1. The van der Waals surface area contributed by atoms with E-state index in [4.69, 9.17) is 5.73 Å². The standard InChI is InChI=1S/C4H8IN/c5-3-1-2-4-6/h1-2H,3-4,6H2/b2-1-. The third kappa shape index (κ3) is 4.43. The summed E-state index contributed by atoms with van der Waals surface area (Å²) in [5.74, 6) is 0. The molecule has 0 aliphatic rings. The van der Waals surface area contributed by atoms with Crippen molar-refractivity contribution in [3.8, 4) is 0 Å². The zero-order valence-corrected chi connectivity index (χ0v) is 5.68. The third-order valence-electron chi connectivity index (χ3n) is 0.392. The van der Waals surface area contributed by atoms with E-state index in [1.54, 1.807) is 0 Å². The van der Waals surface area contributed by atoms with Gasteiger partial charge in [0.25, 0.3) is 0 Å². The van der Waals surface area contributed by atoms with E-state index in [9.17, 15) is 0 Å². The molecule has 36 valence electrons. The van der Waals surface area contributed by atoms with Crippen LogP contribution in [0.5, 0.6) is 0 Å². The van der Waals surface area contributed by atoms with E-state index in [0.29, 0.717) is 6.54 Å². The number of hydrogen-bond donors (Lipinski definition) is 1. The minimum atomic E-state index is 0.670. The molecule has 6 heavy (non-hydrogen) atoms. The lowest BCUT2D eigenvalue weighted by Gasteiger charge is -1.72. The van der Waals surface area contributed by atoms with E-state index < -0.39 is 0 Å². The Bertz CT molecular complexity index is 36.8. The molecule has 0 fully saturated rings. The predicted octanol–water partition coefficient (Wildman–Crippen LogP) is 0.936. The Morgan fingerprint density at radius 2 is 2.17 bits per heavy atom. The van der Waals surface area contributed by atoms with E-state index in [-0.39, 0.29) is 0 Å². The summed E-state index contributed by atoms with van der Waals surface area (Å²) < 4.78 is 1.06. The second kappa shape index (κ2) is 5.43. The van der Waals surface area contributed by atoms with Crippen LogP contribution in [0.1, 0.15) is 0 Å². The highest BCUT2D eigenvalue weighted by molar-refractivity contribution is 14.1. The quantitative estimate of drug-likeness (QED) is 0.398. The summed E-state index contributed by atoms with van der Waals surface area (Å²) in [6, 6.07) is 0. The molecule has 0 aromatic heterocycles. The SMILES string of the molecule is NC/C=C\CI. The molecule has 2 N–H and O–H groups in total. The second-order valence-electron chi connectivity index (χ2n) is 0.861. The van der Waals surface area contributed by atoms with E-state index in [0.717, 1.165) is 4.43 Å². The zero-order valence-electron chi connectivity index (χ0n) is 3.52. The van der Waals surface area contributed by atoms with Gasteiger partial charge in [-0.15, -0.1) is 0 Å². The topological polar surface area (TPSA) is 26.0 Å². The van der Waals surface area contributed by atoms with Crippen molar-refractivity contribution in [1.82, 2.24) is 0 Å². The summed E-state index contributed by atoms with van der Waals surface area (Å²) in [7, 11) is 0. The lowest BCUT2D eigenvalue weighted by atomic mass is 10.5. The molecule has 0 rings (SSSR count). The molecule has 0 aromatic rings. The van der Waals surface area contributed by atoms with E-state index in [2.05, 4.69) is 22.6 Å². The Labute approximate surface area is 51.7 Å². The number of halogens is 1. The smallest absolute Gasteiger partial charge is 0.0176 e. The summed E-state index contributed by atoms with van der Waals surface area (Å²) >= 11 is 2.27. The van der Waals surface area contributed by atoms with Gasteiger partial charge < -0.3 is 5.73 Å². The van der Waals surface area contributed by atoms with Gasteiger partial charge in [-0.1, -0.05) is 34.7 Å². The van der Waals surface area contributed by atoms with Crippen molar-refractivity contribution in [3.05, 3.63) is 12.2 Å². The van der Waals surface area contributed by atoms with Crippen LogP contribution < -0.4 is 5.73 Å². The van der Waals surface area contributed by atoms with Crippen LogP contribution in [0.15, 0.2) is 12.2 Å². The molecule has 0 bridgehead atoms. The first-order valence-corrected chi connectivity index (χ1v) is 3.35. The van der Waals surface area contributed by atoms with Gasteiger partial charge in [0.1, 0.15) is 0 Å². The van der Waals surface area contributed by atoms with Gasteiger partial charge in [-0.3, -0.25) is 0 Å². The number of rotatable bonds is 2. The van der Waals surface area contributed by atoms with E-state index in [1.807, 2.05) is 12.2 Å². The number of allylic oxidation sites excluding steroid dienone is 1. The Morgan fingerprint density at radius 3 is 2.33 bits per heavy atom. The van der Waals surface area contributed by atoms with Crippen LogP contribution in [0.3, 0.4) is 0 Å². The van der Waals surface area contributed by atoms with E-state index >= 15 is 0 Å². The molecule has 0 saturated carbocycles. The van der Waals surface area contributed by atoms with Crippen LogP contribution in [0.2, 0.25) is 0 Å². The summed E-state index contributed by atoms with van der Waals surface area (Å²) in [5.41, 5.74) is 5.12. The highest BCUT2D eigenvalue weighted by atomic mass is 127. The summed E-state index contributed by atoms with van der Waals surface area (Å²) in [4.78, 5) is 0. The molecule has 0 unspecified atom stereocenters. The fraction of sp³-hybridized carbons (Fsp3) is 0.500. The summed E-state index contributed by atoms with van der Waals surface area (Å²) in [6.07, 6.45) is 3.99. The van der Waals surface area contributed by atoms with Crippen LogP contribution in [0, 0.1) is 0 Å². The molecule has 0 radical (unpaired) electrons. The largest absolute Gasteiger partial charge is 0.327 e. The molecule has 0 aromatic carbocycles. The summed E-state index contributed by atoms with van der Waals surface area (Å²) in [5, 5.41) is 0. The Kier molecular flexibility index (Phi) is 5.82. The van der Waals surface area contributed by atoms with Crippen molar-refractivity contribution in [1.29, 1.82) is 0 Å². The average Bonchev–Trinajstić information content (AvgIpc) is 1.61. The van der Waals surface area contributed by atoms with Crippen molar-refractivity contribution in [2.45, 2.75) is 0 Å². The first-order chi connectivity index (χ1) is 2.91.